The molecular weight excluding hydrogens is 286 g/mol. The smallest absolute Gasteiger partial charge is 0.243 e. The highest BCUT2D eigenvalue weighted by molar-refractivity contribution is 7.13. The fourth-order valence-electron chi connectivity index (χ4n) is 2.09. The van der Waals surface area contributed by atoms with Crippen LogP contribution >= 0.6 is 11.3 Å². The van der Waals surface area contributed by atoms with Crippen LogP contribution in [0.15, 0.2) is 29.6 Å². The second-order valence-corrected chi connectivity index (χ2v) is 6.18. The molecule has 1 aliphatic carbocycles. The first-order chi connectivity index (χ1) is 10.1. The van der Waals surface area contributed by atoms with Crippen LogP contribution in [0.3, 0.4) is 0 Å². The molecule has 0 radical (unpaired) electrons. The molecule has 3 rings (SSSR count). The van der Waals surface area contributed by atoms with Gasteiger partial charge >= 0.3 is 0 Å². The van der Waals surface area contributed by atoms with Crippen molar-refractivity contribution < 1.29 is 9.90 Å². The van der Waals surface area contributed by atoms with E-state index in [9.17, 15) is 9.90 Å². The molecule has 4 N–H and O–H groups in total. The molecule has 1 atom stereocenters. The van der Waals surface area contributed by atoms with Crippen LogP contribution in [0, 0.1) is 0 Å². The van der Waals surface area contributed by atoms with Gasteiger partial charge in [-0.2, -0.15) is 0 Å². The Labute approximate surface area is 126 Å². The number of hydrogen-bond acceptors (Lipinski definition) is 5. The Bertz CT molecular complexity index is 635. The lowest BCUT2D eigenvalue weighted by Crippen LogP contribution is -2.37. The van der Waals surface area contributed by atoms with Crippen LogP contribution in [0.1, 0.15) is 30.0 Å². The van der Waals surface area contributed by atoms with Gasteiger partial charge in [-0.1, -0.05) is 12.1 Å². The van der Waals surface area contributed by atoms with Gasteiger partial charge in [-0.3, -0.25) is 4.79 Å². The lowest BCUT2D eigenvalue weighted by Gasteiger charge is -2.10. The molecule has 1 saturated carbocycles. The number of nitrogens with zero attached hydrogens (tertiary/aromatic N) is 1. The number of nitrogens with two attached hydrogens (primary N) is 1. The number of aromatic nitrogens is 1. The molecule has 0 bridgehead atoms. The Balaban J connectivity index is 1.57. The van der Waals surface area contributed by atoms with Gasteiger partial charge in [0.2, 0.25) is 5.91 Å². The number of rotatable bonds is 5. The van der Waals surface area contributed by atoms with Crippen molar-refractivity contribution in [2.24, 2.45) is 5.73 Å². The minimum atomic E-state index is -0.636. The number of phenolic OH excluding ortho intramolecular Hbond substituents is 1. The molecule has 1 unspecified atom stereocenters. The van der Waals surface area contributed by atoms with E-state index in [-0.39, 0.29) is 11.7 Å². The third kappa shape index (κ3) is 3.59. The predicted octanol–water partition coefficient (Wildman–Crippen LogP) is 2.23. The highest BCUT2D eigenvalue weighted by Crippen LogP contribution is 2.40. The lowest BCUT2D eigenvalue weighted by molar-refractivity contribution is -0.117. The first kappa shape index (κ1) is 14.0. The van der Waals surface area contributed by atoms with Crippen molar-refractivity contribution in [1.29, 1.82) is 0 Å². The van der Waals surface area contributed by atoms with Gasteiger partial charge < -0.3 is 16.2 Å². The number of hydrogen-bond donors (Lipinski definition) is 3. The summed E-state index contributed by atoms with van der Waals surface area (Å²) in [7, 11) is 0. The van der Waals surface area contributed by atoms with Crippen molar-refractivity contribution in [2.45, 2.75) is 31.2 Å². The van der Waals surface area contributed by atoms with Crippen molar-refractivity contribution in [2.75, 3.05) is 5.32 Å². The average molecular weight is 303 g/mol. The van der Waals surface area contributed by atoms with Gasteiger partial charge in [0, 0.05) is 11.3 Å². The fourth-order valence-corrected chi connectivity index (χ4v) is 2.88. The zero-order valence-corrected chi connectivity index (χ0v) is 12.3. The molecule has 1 amide bonds. The van der Waals surface area contributed by atoms with Gasteiger partial charge in [0.1, 0.15) is 5.75 Å². The third-order valence-electron chi connectivity index (χ3n) is 3.48. The minimum absolute atomic E-state index is 0.201. The predicted molar refractivity (Wildman–Crippen MR) is 82.5 cm³/mol. The second-order valence-electron chi connectivity index (χ2n) is 5.32. The standard InChI is InChI=1S/C15H17N3O2S/c16-12(7-9-1-5-11(19)6-2-9)14(20)18-15-17-13(8-21-15)10-3-4-10/h1-2,5-6,8,10,12,19H,3-4,7,16H2,(H,17,18,20). The Kier molecular flexibility index (Phi) is 3.90. The Morgan fingerprint density at radius 3 is 2.81 bits per heavy atom. The van der Waals surface area contributed by atoms with Crippen molar-refractivity contribution in [3.05, 3.63) is 40.9 Å². The summed E-state index contributed by atoms with van der Waals surface area (Å²) in [6.45, 7) is 0. The third-order valence-corrected chi connectivity index (χ3v) is 4.25. The van der Waals surface area contributed by atoms with Gasteiger partial charge in [-0.15, -0.1) is 11.3 Å². The van der Waals surface area contributed by atoms with E-state index in [0.717, 1.165) is 11.3 Å². The molecule has 1 aliphatic rings. The topological polar surface area (TPSA) is 88.2 Å². The summed E-state index contributed by atoms with van der Waals surface area (Å²) >= 11 is 1.44. The van der Waals surface area contributed by atoms with Crippen molar-refractivity contribution in [3.8, 4) is 5.75 Å². The number of aromatic hydroxyl groups is 1. The summed E-state index contributed by atoms with van der Waals surface area (Å²) in [4.78, 5) is 16.5. The van der Waals surface area contributed by atoms with Crippen LogP contribution in [-0.2, 0) is 11.2 Å². The van der Waals surface area contributed by atoms with E-state index in [0.29, 0.717) is 17.5 Å². The zero-order chi connectivity index (χ0) is 14.8. The average Bonchev–Trinajstić information content (AvgIpc) is 3.22. The van der Waals surface area contributed by atoms with E-state index in [4.69, 9.17) is 5.73 Å². The Morgan fingerprint density at radius 1 is 1.43 bits per heavy atom. The van der Waals surface area contributed by atoms with Crippen molar-refractivity contribution in [1.82, 2.24) is 4.98 Å². The molecule has 2 aromatic rings. The van der Waals surface area contributed by atoms with Crippen molar-refractivity contribution in [3.63, 3.8) is 0 Å². The zero-order valence-electron chi connectivity index (χ0n) is 11.5. The SMILES string of the molecule is NC(Cc1ccc(O)cc1)C(=O)Nc1nc(C2CC2)cs1. The highest BCUT2D eigenvalue weighted by atomic mass is 32.1. The number of anilines is 1. The van der Waals surface area contributed by atoms with Crippen LogP contribution in [0.4, 0.5) is 5.13 Å². The van der Waals surface area contributed by atoms with Crippen LogP contribution in [0.25, 0.3) is 0 Å². The quantitative estimate of drug-likeness (QED) is 0.790. The van der Waals surface area contributed by atoms with Crippen LogP contribution in [0.5, 0.6) is 5.75 Å². The van der Waals surface area contributed by atoms with E-state index in [1.54, 1.807) is 24.3 Å². The van der Waals surface area contributed by atoms with Gasteiger partial charge in [-0.05, 0) is 37.0 Å². The summed E-state index contributed by atoms with van der Waals surface area (Å²) in [5, 5.41) is 14.6. The Morgan fingerprint density at radius 2 is 2.14 bits per heavy atom. The van der Waals surface area contributed by atoms with Gasteiger partial charge in [0.05, 0.1) is 11.7 Å². The highest BCUT2D eigenvalue weighted by Gasteiger charge is 2.26. The summed E-state index contributed by atoms with van der Waals surface area (Å²) in [5.41, 5.74) is 7.90. The minimum Gasteiger partial charge on any atom is -0.508 e. The molecule has 0 spiro atoms. The first-order valence-electron chi connectivity index (χ1n) is 6.91. The van der Waals surface area contributed by atoms with E-state index in [1.165, 1.54) is 24.2 Å². The maximum atomic E-state index is 12.1. The number of carbonyl (C=O) groups excluding carboxylic acids is 1. The second kappa shape index (κ2) is 5.83. The normalized spacial score (nSPS) is 15.7. The number of nitrogens with one attached hydrogen (secondary N) is 1. The van der Waals surface area contributed by atoms with E-state index >= 15 is 0 Å². The van der Waals surface area contributed by atoms with Crippen LogP contribution in [0.2, 0.25) is 0 Å². The molecule has 0 saturated heterocycles. The van der Waals surface area contributed by atoms with E-state index in [1.807, 2.05) is 5.38 Å². The summed E-state index contributed by atoms with van der Waals surface area (Å²) in [6.07, 6.45) is 2.81. The number of thiazole rings is 1. The Hall–Kier alpha value is -1.92. The molecule has 110 valence electrons. The van der Waals surface area contributed by atoms with E-state index in [2.05, 4.69) is 10.3 Å². The lowest BCUT2D eigenvalue weighted by atomic mass is 10.1. The molecule has 1 aromatic heterocycles. The molecule has 21 heavy (non-hydrogen) atoms. The fraction of sp³-hybridized carbons (Fsp3) is 0.333. The summed E-state index contributed by atoms with van der Waals surface area (Å²) in [5.74, 6) is 0.546. The van der Waals surface area contributed by atoms with Crippen molar-refractivity contribution >= 4 is 22.4 Å². The molecule has 6 heteroatoms. The molecular formula is C15H17N3O2S. The summed E-state index contributed by atoms with van der Waals surface area (Å²) < 4.78 is 0. The van der Waals surface area contributed by atoms with Crippen LogP contribution in [-0.4, -0.2) is 22.0 Å². The summed E-state index contributed by atoms with van der Waals surface area (Å²) in [6, 6.07) is 6.06. The molecule has 0 aliphatic heterocycles. The largest absolute Gasteiger partial charge is 0.508 e. The number of amides is 1. The number of carbonyl (C=O) groups is 1. The number of phenols is 1. The van der Waals surface area contributed by atoms with E-state index < -0.39 is 6.04 Å². The molecule has 1 aromatic carbocycles. The van der Waals surface area contributed by atoms with Crippen LogP contribution < -0.4 is 11.1 Å². The molecule has 1 fully saturated rings. The first-order valence-corrected chi connectivity index (χ1v) is 7.79. The monoisotopic (exact) mass is 303 g/mol. The molecule has 1 heterocycles. The molecule has 5 nitrogen and oxygen atoms in total. The van der Waals surface area contributed by atoms with Gasteiger partial charge in [0.15, 0.2) is 5.13 Å². The maximum Gasteiger partial charge on any atom is 0.243 e. The van der Waals surface area contributed by atoms with Gasteiger partial charge in [0.25, 0.3) is 0 Å². The number of benzene rings is 1. The van der Waals surface area contributed by atoms with Gasteiger partial charge in [-0.25, -0.2) is 4.98 Å². The maximum absolute atomic E-state index is 12.1.